The Labute approximate surface area is 184 Å². The Kier molecular flexibility index (Phi) is 6.43. The Hall–Kier alpha value is -2.32. The topological polar surface area (TPSA) is 59.1 Å². The normalized spacial score (nSPS) is 21.4. The first-order valence-corrected chi connectivity index (χ1v) is 11.8. The number of hydrogen-bond donors (Lipinski definition) is 0. The van der Waals surface area contributed by atoms with E-state index in [0.717, 1.165) is 22.6 Å². The summed E-state index contributed by atoms with van der Waals surface area (Å²) in [6.07, 6.45) is 0. The van der Waals surface area contributed by atoms with E-state index in [-0.39, 0.29) is 22.6 Å². The monoisotopic (exact) mass is 444 g/mol. The predicted molar refractivity (Wildman–Crippen MR) is 120 cm³/mol. The molecule has 0 spiro atoms. The lowest BCUT2D eigenvalue weighted by Crippen LogP contribution is -2.39. The summed E-state index contributed by atoms with van der Waals surface area (Å²) in [5, 5.41) is -0.124. The van der Waals surface area contributed by atoms with E-state index in [1.54, 1.807) is 37.7 Å². The van der Waals surface area contributed by atoms with E-state index in [1.165, 1.54) is 0 Å². The number of methoxy groups -OCH3 is 2. The third kappa shape index (κ3) is 4.25. The molecule has 2 aromatic rings. The van der Waals surface area contributed by atoms with Gasteiger partial charge in [0.05, 0.1) is 25.7 Å². The Morgan fingerprint density at radius 2 is 1.23 bits per heavy atom. The zero-order chi connectivity index (χ0) is 21.1. The highest BCUT2D eigenvalue weighted by molar-refractivity contribution is 8.00. The van der Waals surface area contributed by atoms with Crippen LogP contribution >= 0.6 is 23.5 Å². The molecule has 0 radical (unpaired) electrons. The largest absolute Gasteiger partial charge is 0.497 e. The number of ether oxygens (including phenoxy) is 2. The first kappa shape index (κ1) is 20.9. The lowest BCUT2D eigenvalue weighted by atomic mass is 10.2. The number of rotatable bonds is 7. The van der Waals surface area contributed by atoms with E-state index in [2.05, 4.69) is 0 Å². The summed E-state index contributed by atoms with van der Waals surface area (Å²) in [4.78, 5) is 28.9. The number of carbonyl (C=O) groups excluding carboxylic acids is 2. The second-order valence-electron chi connectivity index (χ2n) is 7.05. The number of amides is 2. The molecule has 158 valence electrons. The maximum absolute atomic E-state index is 12.6. The molecule has 0 aliphatic carbocycles. The van der Waals surface area contributed by atoms with Gasteiger partial charge in [-0.15, -0.1) is 23.5 Å². The Morgan fingerprint density at radius 3 is 1.63 bits per heavy atom. The average Bonchev–Trinajstić information content (AvgIpc) is 3.34. The zero-order valence-corrected chi connectivity index (χ0v) is 18.6. The number of carbonyl (C=O) groups is 2. The fourth-order valence-corrected chi connectivity index (χ4v) is 6.17. The van der Waals surface area contributed by atoms with Crippen molar-refractivity contribution >= 4 is 35.3 Å². The first-order chi connectivity index (χ1) is 14.6. The zero-order valence-electron chi connectivity index (χ0n) is 16.9. The lowest BCUT2D eigenvalue weighted by Gasteiger charge is -2.29. The SMILES string of the molecule is COc1cccc([C@H]2SCC(=O)N2CCN2C(=O)CS[C@@H]2c2cccc(OC)c2)c1. The van der Waals surface area contributed by atoms with E-state index in [4.69, 9.17) is 9.47 Å². The van der Waals surface area contributed by atoms with Gasteiger partial charge in [0.15, 0.2) is 0 Å². The molecule has 2 aliphatic rings. The van der Waals surface area contributed by atoms with Gasteiger partial charge in [0, 0.05) is 13.1 Å². The first-order valence-electron chi connectivity index (χ1n) is 9.71. The van der Waals surface area contributed by atoms with Gasteiger partial charge in [-0.05, 0) is 35.4 Å². The van der Waals surface area contributed by atoms with Crippen LogP contribution in [0.15, 0.2) is 48.5 Å². The minimum atomic E-state index is -0.0618. The summed E-state index contributed by atoms with van der Waals surface area (Å²) in [5.41, 5.74) is 2.08. The van der Waals surface area contributed by atoms with Crippen LogP contribution in [-0.4, -0.2) is 60.4 Å². The molecular weight excluding hydrogens is 420 g/mol. The van der Waals surface area contributed by atoms with E-state index in [9.17, 15) is 9.59 Å². The molecule has 0 bridgehead atoms. The molecule has 0 aromatic heterocycles. The van der Waals surface area contributed by atoms with E-state index in [1.807, 2.05) is 58.3 Å². The standard InChI is InChI=1S/C22H24N2O4S2/c1-27-17-7-3-5-15(11-17)21-23(19(25)13-29-21)9-10-24-20(26)14-30-22(24)16-6-4-8-18(12-16)28-2/h3-8,11-12,21-22H,9-10,13-14H2,1-2H3/t21-,22-/m1/s1. The highest BCUT2D eigenvalue weighted by atomic mass is 32.2. The molecule has 2 heterocycles. The molecule has 6 nitrogen and oxygen atoms in total. The van der Waals surface area contributed by atoms with Crippen LogP contribution in [0, 0.1) is 0 Å². The molecule has 2 saturated heterocycles. The van der Waals surface area contributed by atoms with Crippen LogP contribution in [0.4, 0.5) is 0 Å². The molecule has 8 heteroatoms. The van der Waals surface area contributed by atoms with Crippen molar-refractivity contribution in [3.8, 4) is 11.5 Å². The summed E-state index contributed by atoms with van der Waals surface area (Å²) in [6, 6.07) is 15.6. The maximum Gasteiger partial charge on any atom is 0.233 e. The number of thioether (sulfide) groups is 2. The number of benzene rings is 2. The van der Waals surface area contributed by atoms with Crippen LogP contribution in [0.1, 0.15) is 21.9 Å². The smallest absolute Gasteiger partial charge is 0.233 e. The molecule has 0 saturated carbocycles. The maximum atomic E-state index is 12.6. The van der Waals surface area contributed by atoms with Crippen molar-refractivity contribution in [2.45, 2.75) is 10.7 Å². The third-order valence-electron chi connectivity index (χ3n) is 5.28. The summed E-state index contributed by atoms with van der Waals surface area (Å²) in [5.74, 6) is 2.65. The van der Waals surface area contributed by atoms with Crippen molar-refractivity contribution in [3.63, 3.8) is 0 Å². The third-order valence-corrected chi connectivity index (χ3v) is 7.79. The van der Waals surface area contributed by atoms with Crippen molar-refractivity contribution in [3.05, 3.63) is 59.7 Å². The predicted octanol–water partition coefficient (Wildman–Crippen LogP) is 3.55. The molecule has 30 heavy (non-hydrogen) atoms. The highest BCUT2D eigenvalue weighted by Gasteiger charge is 2.37. The molecule has 2 fully saturated rings. The fourth-order valence-electron chi connectivity index (χ4n) is 3.75. The van der Waals surface area contributed by atoms with Crippen molar-refractivity contribution in [2.24, 2.45) is 0 Å². The van der Waals surface area contributed by atoms with Gasteiger partial charge in [0.2, 0.25) is 11.8 Å². The van der Waals surface area contributed by atoms with Crippen LogP contribution in [0.5, 0.6) is 11.5 Å². The minimum absolute atomic E-state index is 0.0618. The van der Waals surface area contributed by atoms with Crippen LogP contribution in [-0.2, 0) is 9.59 Å². The van der Waals surface area contributed by atoms with Gasteiger partial charge < -0.3 is 19.3 Å². The van der Waals surface area contributed by atoms with E-state index < -0.39 is 0 Å². The molecule has 2 aliphatic heterocycles. The summed E-state index contributed by atoms with van der Waals surface area (Å²) >= 11 is 3.22. The van der Waals surface area contributed by atoms with Crippen LogP contribution in [0.25, 0.3) is 0 Å². The summed E-state index contributed by atoms with van der Waals surface area (Å²) in [6.45, 7) is 1.00. The van der Waals surface area contributed by atoms with Gasteiger partial charge in [-0.3, -0.25) is 9.59 Å². The summed E-state index contributed by atoms with van der Waals surface area (Å²) < 4.78 is 10.7. The van der Waals surface area contributed by atoms with Crippen LogP contribution in [0.2, 0.25) is 0 Å². The van der Waals surface area contributed by atoms with Gasteiger partial charge >= 0.3 is 0 Å². The second kappa shape index (κ2) is 9.22. The number of hydrogen-bond acceptors (Lipinski definition) is 6. The molecule has 4 rings (SSSR count). The number of nitrogens with zero attached hydrogens (tertiary/aromatic N) is 2. The van der Waals surface area contributed by atoms with Gasteiger partial charge in [-0.2, -0.15) is 0 Å². The summed E-state index contributed by atoms with van der Waals surface area (Å²) in [7, 11) is 3.28. The van der Waals surface area contributed by atoms with Crippen LogP contribution < -0.4 is 9.47 Å². The lowest BCUT2D eigenvalue weighted by molar-refractivity contribution is -0.132. The molecule has 2 amide bonds. The Bertz CT molecular complexity index is 863. The van der Waals surface area contributed by atoms with E-state index >= 15 is 0 Å². The van der Waals surface area contributed by atoms with Crippen molar-refractivity contribution in [1.82, 2.24) is 9.80 Å². The van der Waals surface area contributed by atoms with Gasteiger partial charge in [0.1, 0.15) is 22.2 Å². The van der Waals surface area contributed by atoms with Crippen molar-refractivity contribution in [1.29, 1.82) is 0 Å². The van der Waals surface area contributed by atoms with E-state index in [0.29, 0.717) is 24.6 Å². The van der Waals surface area contributed by atoms with Crippen molar-refractivity contribution in [2.75, 3.05) is 38.8 Å². The molecular formula is C22H24N2O4S2. The van der Waals surface area contributed by atoms with Crippen LogP contribution in [0.3, 0.4) is 0 Å². The molecule has 0 unspecified atom stereocenters. The fraction of sp³-hybridized carbons (Fsp3) is 0.364. The highest BCUT2D eigenvalue weighted by Crippen LogP contribution is 2.42. The molecule has 2 aromatic carbocycles. The molecule has 2 atom stereocenters. The quantitative estimate of drug-likeness (QED) is 0.651. The second-order valence-corrected chi connectivity index (χ2v) is 9.19. The Balaban J connectivity index is 1.49. The van der Waals surface area contributed by atoms with Gasteiger partial charge in [0.25, 0.3) is 0 Å². The average molecular weight is 445 g/mol. The van der Waals surface area contributed by atoms with Gasteiger partial charge in [-0.25, -0.2) is 0 Å². The Morgan fingerprint density at radius 1 is 0.800 bits per heavy atom. The van der Waals surface area contributed by atoms with Crippen molar-refractivity contribution < 1.29 is 19.1 Å². The minimum Gasteiger partial charge on any atom is -0.497 e. The van der Waals surface area contributed by atoms with Gasteiger partial charge in [-0.1, -0.05) is 24.3 Å². The molecule has 0 N–H and O–H groups in total.